The number of nitrogens with zero attached hydrogens (tertiary/aromatic N) is 2. The maximum Gasteiger partial charge on any atom is 0.325 e. The molecule has 0 unspecified atom stereocenters. The predicted octanol–water partition coefficient (Wildman–Crippen LogP) is 2.07. The molecule has 0 spiro atoms. The zero-order chi connectivity index (χ0) is 16.2. The molecule has 22 heavy (non-hydrogen) atoms. The van der Waals surface area contributed by atoms with E-state index < -0.39 is 5.97 Å². The summed E-state index contributed by atoms with van der Waals surface area (Å²) in [7, 11) is 0. The number of nitriles is 1. The van der Waals surface area contributed by atoms with Crippen LogP contribution >= 0.6 is 0 Å². The van der Waals surface area contributed by atoms with Crippen LogP contribution in [0.5, 0.6) is 0 Å². The smallest absolute Gasteiger partial charge is 0.325 e. The lowest BCUT2D eigenvalue weighted by atomic mass is 10.2. The number of amides is 2. The lowest BCUT2D eigenvalue weighted by molar-refractivity contribution is -0.141. The molecule has 0 saturated heterocycles. The summed E-state index contributed by atoms with van der Waals surface area (Å²) < 4.78 is 4.77. The quantitative estimate of drug-likeness (QED) is 0.588. The van der Waals surface area contributed by atoms with E-state index in [0.717, 1.165) is 5.56 Å². The summed E-state index contributed by atoms with van der Waals surface area (Å²) in [6, 6.07) is 11.3. The van der Waals surface area contributed by atoms with Gasteiger partial charge in [0.1, 0.15) is 6.54 Å². The van der Waals surface area contributed by atoms with Crippen LogP contribution in [0.1, 0.15) is 25.3 Å². The third kappa shape index (κ3) is 6.75. The molecule has 0 heterocycles. The zero-order valence-electron chi connectivity index (χ0n) is 12.7. The van der Waals surface area contributed by atoms with Crippen LogP contribution in [0.3, 0.4) is 0 Å². The van der Waals surface area contributed by atoms with Crippen molar-refractivity contribution in [3.8, 4) is 6.07 Å². The summed E-state index contributed by atoms with van der Waals surface area (Å²) in [5.74, 6) is -0.465. The van der Waals surface area contributed by atoms with E-state index in [1.807, 2.05) is 30.3 Å². The van der Waals surface area contributed by atoms with Crippen LogP contribution in [0.25, 0.3) is 0 Å². The van der Waals surface area contributed by atoms with Crippen molar-refractivity contribution in [3.05, 3.63) is 35.9 Å². The molecular formula is C16H21N3O3. The normalized spacial score (nSPS) is 9.64. The van der Waals surface area contributed by atoms with Gasteiger partial charge in [0.2, 0.25) is 0 Å². The van der Waals surface area contributed by atoms with Crippen LogP contribution in [-0.4, -0.2) is 36.6 Å². The van der Waals surface area contributed by atoms with Crippen LogP contribution in [0, 0.1) is 11.3 Å². The third-order valence-electron chi connectivity index (χ3n) is 2.91. The van der Waals surface area contributed by atoms with Gasteiger partial charge in [0, 0.05) is 19.5 Å². The fourth-order valence-corrected chi connectivity index (χ4v) is 1.88. The first-order chi connectivity index (χ1) is 10.7. The van der Waals surface area contributed by atoms with Crippen LogP contribution in [0.4, 0.5) is 4.79 Å². The highest BCUT2D eigenvalue weighted by atomic mass is 16.5. The molecule has 6 nitrogen and oxygen atoms in total. The molecule has 118 valence electrons. The Labute approximate surface area is 130 Å². The maximum absolute atomic E-state index is 12.2. The van der Waals surface area contributed by atoms with Crippen LogP contribution in [0.2, 0.25) is 0 Å². The highest BCUT2D eigenvalue weighted by molar-refractivity contribution is 5.80. The average Bonchev–Trinajstić information content (AvgIpc) is 2.53. The molecule has 2 amide bonds. The second kappa shape index (κ2) is 10.2. The number of nitrogens with one attached hydrogen (secondary N) is 1. The number of carbonyl (C=O) groups excluding carboxylic acids is 2. The van der Waals surface area contributed by atoms with E-state index >= 15 is 0 Å². The standard InChI is InChI=1S/C16H21N3O3/c1-2-22-15(20)12-18-16(21)19(11-7-6-10-17)13-14-8-4-3-5-9-14/h3-5,8-9H,2,6-7,11-13H2,1H3,(H,18,21). The Balaban J connectivity index is 2.58. The van der Waals surface area contributed by atoms with Gasteiger partial charge in [0.05, 0.1) is 12.7 Å². The number of hydrogen-bond acceptors (Lipinski definition) is 4. The fraction of sp³-hybridized carbons (Fsp3) is 0.438. The number of ether oxygens (including phenoxy) is 1. The number of hydrogen-bond donors (Lipinski definition) is 1. The minimum atomic E-state index is -0.465. The third-order valence-corrected chi connectivity index (χ3v) is 2.91. The van der Waals surface area contributed by atoms with E-state index in [9.17, 15) is 9.59 Å². The topological polar surface area (TPSA) is 82.4 Å². The van der Waals surface area contributed by atoms with Crippen molar-refractivity contribution in [1.82, 2.24) is 10.2 Å². The van der Waals surface area contributed by atoms with Gasteiger partial charge in [-0.05, 0) is 18.9 Å². The van der Waals surface area contributed by atoms with Gasteiger partial charge in [-0.3, -0.25) is 4.79 Å². The monoisotopic (exact) mass is 303 g/mol. The van der Waals surface area contributed by atoms with Gasteiger partial charge in [0.15, 0.2) is 0 Å². The van der Waals surface area contributed by atoms with Crippen molar-refractivity contribution in [2.24, 2.45) is 0 Å². The second-order valence-electron chi connectivity index (χ2n) is 4.63. The van der Waals surface area contributed by atoms with E-state index in [2.05, 4.69) is 11.4 Å². The molecule has 0 bridgehead atoms. The van der Waals surface area contributed by atoms with Crippen LogP contribution in [0.15, 0.2) is 30.3 Å². The molecular weight excluding hydrogens is 282 g/mol. The van der Waals surface area contributed by atoms with Gasteiger partial charge >= 0.3 is 12.0 Å². The summed E-state index contributed by atoms with van der Waals surface area (Å²) >= 11 is 0. The van der Waals surface area contributed by atoms with E-state index in [-0.39, 0.29) is 19.2 Å². The van der Waals surface area contributed by atoms with E-state index in [4.69, 9.17) is 10.00 Å². The van der Waals surface area contributed by atoms with Crippen molar-refractivity contribution in [3.63, 3.8) is 0 Å². The first kappa shape index (κ1) is 17.5. The van der Waals surface area contributed by atoms with E-state index in [1.54, 1.807) is 11.8 Å². The van der Waals surface area contributed by atoms with Crippen molar-refractivity contribution < 1.29 is 14.3 Å². The van der Waals surface area contributed by atoms with Gasteiger partial charge in [-0.15, -0.1) is 0 Å². The van der Waals surface area contributed by atoms with Crippen molar-refractivity contribution in [2.75, 3.05) is 19.7 Å². The minimum Gasteiger partial charge on any atom is -0.465 e. The average molecular weight is 303 g/mol. The lowest BCUT2D eigenvalue weighted by Gasteiger charge is -2.22. The molecule has 0 atom stereocenters. The summed E-state index contributed by atoms with van der Waals surface area (Å²) in [4.78, 5) is 25.1. The molecule has 0 aliphatic rings. The zero-order valence-corrected chi connectivity index (χ0v) is 12.7. The molecule has 0 aliphatic heterocycles. The highest BCUT2D eigenvalue weighted by Gasteiger charge is 2.14. The largest absolute Gasteiger partial charge is 0.465 e. The maximum atomic E-state index is 12.2. The van der Waals surface area contributed by atoms with Crippen LogP contribution < -0.4 is 5.32 Å². The Morgan fingerprint density at radius 3 is 2.68 bits per heavy atom. The molecule has 0 aromatic heterocycles. The molecule has 1 N–H and O–H groups in total. The number of esters is 1. The number of rotatable bonds is 8. The lowest BCUT2D eigenvalue weighted by Crippen LogP contribution is -2.42. The van der Waals surface area contributed by atoms with Gasteiger partial charge in [-0.2, -0.15) is 5.26 Å². The second-order valence-corrected chi connectivity index (χ2v) is 4.63. The molecule has 1 rings (SSSR count). The molecule has 1 aromatic rings. The number of carbonyl (C=O) groups is 2. The Bertz CT molecular complexity index is 511. The first-order valence-corrected chi connectivity index (χ1v) is 7.26. The van der Waals surface area contributed by atoms with Crippen molar-refractivity contribution in [2.45, 2.75) is 26.3 Å². The van der Waals surface area contributed by atoms with Crippen molar-refractivity contribution in [1.29, 1.82) is 5.26 Å². The van der Waals surface area contributed by atoms with Gasteiger partial charge in [-0.25, -0.2) is 4.79 Å². The van der Waals surface area contributed by atoms with Gasteiger partial charge < -0.3 is 15.0 Å². The predicted molar refractivity (Wildman–Crippen MR) is 81.7 cm³/mol. The summed E-state index contributed by atoms with van der Waals surface area (Å²) in [5.41, 5.74) is 0.991. The Kier molecular flexibility index (Phi) is 8.13. The van der Waals surface area contributed by atoms with Gasteiger partial charge in [-0.1, -0.05) is 30.3 Å². The van der Waals surface area contributed by atoms with E-state index in [1.165, 1.54) is 0 Å². The molecule has 0 saturated carbocycles. The molecule has 0 aliphatic carbocycles. The SMILES string of the molecule is CCOC(=O)CNC(=O)N(CCCC#N)Cc1ccccc1. The first-order valence-electron chi connectivity index (χ1n) is 7.26. The fourth-order valence-electron chi connectivity index (χ4n) is 1.88. The summed E-state index contributed by atoms with van der Waals surface area (Å²) in [6.07, 6.45) is 0.979. The van der Waals surface area contributed by atoms with E-state index in [0.29, 0.717) is 25.9 Å². The van der Waals surface area contributed by atoms with Crippen molar-refractivity contribution >= 4 is 12.0 Å². The minimum absolute atomic E-state index is 0.157. The molecule has 0 fully saturated rings. The number of unbranched alkanes of at least 4 members (excludes halogenated alkanes) is 1. The Morgan fingerprint density at radius 1 is 1.32 bits per heavy atom. The summed E-state index contributed by atoms with van der Waals surface area (Å²) in [6.45, 7) is 2.72. The van der Waals surface area contributed by atoms with Gasteiger partial charge in [0.25, 0.3) is 0 Å². The Morgan fingerprint density at radius 2 is 2.05 bits per heavy atom. The molecule has 0 radical (unpaired) electrons. The molecule has 1 aromatic carbocycles. The molecule has 6 heteroatoms. The number of urea groups is 1. The Hall–Kier alpha value is -2.55. The van der Waals surface area contributed by atoms with Crippen LogP contribution in [-0.2, 0) is 16.1 Å². The number of benzene rings is 1. The highest BCUT2D eigenvalue weighted by Crippen LogP contribution is 2.06. The summed E-state index contributed by atoms with van der Waals surface area (Å²) in [5, 5.41) is 11.2.